The lowest BCUT2D eigenvalue weighted by Gasteiger charge is -2.13. The third-order valence-electron chi connectivity index (χ3n) is 6.89. The maximum atomic E-state index is 13.5. The molecular weight excluding hydrogens is 630 g/mol. The van der Waals surface area contributed by atoms with Gasteiger partial charge < -0.3 is 20.7 Å². The number of rotatable bonds is 12. The van der Waals surface area contributed by atoms with Crippen molar-refractivity contribution in [3.63, 3.8) is 0 Å². The van der Waals surface area contributed by atoms with Gasteiger partial charge in [-0.3, -0.25) is 14.4 Å². The number of amides is 3. The fourth-order valence-corrected chi connectivity index (χ4v) is 5.32. The van der Waals surface area contributed by atoms with Crippen LogP contribution >= 0.6 is 23.4 Å². The van der Waals surface area contributed by atoms with Gasteiger partial charge in [0.25, 0.3) is 11.8 Å². The van der Waals surface area contributed by atoms with Gasteiger partial charge in [0.05, 0.1) is 5.75 Å². The minimum absolute atomic E-state index is 0.0611. The van der Waals surface area contributed by atoms with Crippen molar-refractivity contribution in [3.05, 3.63) is 160 Å². The molecule has 9 heteroatoms. The van der Waals surface area contributed by atoms with E-state index in [0.29, 0.717) is 39.9 Å². The van der Waals surface area contributed by atoms with Gasteiger partial charge in [-0.05, 0) is 84.3 Å². The quantitative estimate of drug-likeness (QED) is 0.0922. The van der Waals surface area contributed by atoms with Crippen LogP contribution in [0.1, 0.15) is 27.0 Å². The van der Waals surface area contributed by atoms with Gasteiger partial charge in [-0.1, -0.05) is 84.4 Å². The molecule has 5 aromatic rings. The summed E-state index contributed by atoms with van der Waals surface area (Å²) in [6.07, 6.45) is 1.61. The largest absolute Gasteiger partial charge is 0.489 e. The molecule has 0 radical (unpaired) electrons. The van der Waals surface area contributed by atoms with Crippen LogP contribution in [0.2, 0.25) is 5.02 Å². The van der Waals surface area contributed by atoms with E-state index in [-0.39, 0.29) is 17.4 Å². The fraction of sp³-hybridized carbons (Fsp3) is 0.0789. The van der Waals surface area contributed by atoms with Gasteiger partial charge in [0.2, 0.25) is 5.91 Å². The van der Waals surface area contributed by atoms with Crippen LogP contribution in [0.15, 0.2) is 138 Å². The van der Waals surface area contributed by atoms with Gasteiger partial charge in [0.1, 0.15) is 18.1 Å². The molecular formula is C38H32ClN3O4S. The van der Waals surface area contributed by atoms with E-state index < -0.39 is 11.8 Å². The van der Waals surface area contributed by atoms with Crippen LogP contribution in [0.4, 0.5) is 11.4 Å². The first-order valence-corrected chi connectivity index (χ1v) is 16.1. The number of hydrogen-bond donors (Lipinski definition) is 3. The Morgan fingerprint density at radius 2 is 1.47 bits per heavy atom. The van der Waals surface area contributed by atoms with Gasteiger partial charge in [0.15, 0.2) is 0 Å². The Balaban J connectivity index is 1.26. The summed E-state index contributed by atoms with van der Waals surface area (Å²) in [6.45, 7) is 2.33. The zero-order valence-corrected chi connectivity index (χ0v) is 27.1. The van der Waals surface area contributed by atoms with Gasteiger partial charge in [-0.25, -0.2) is 0 Å². The number of anilines is 2. The summed E-state index contributed by atoms with van der Waals surface area (Å²) in [4.78, 5) is 39.9. The molecule has 0 atom stereocenters. The SMILES string of the molecule is Cc1ccc(NC(=O)CSc2cccc(NC(=O)/C(=C\c3ccc(OCc4ccccc4)cc3)NC(=O)c3ccccc3)c2)cc1Cl. The van der Waals surface area contributed by atoms with Crippen molar-refractivity contribution in [3.8, 4) is 5.75 Å². The maximum Gasteiger partial charge on any atom is 0.272 e. The standard InChI is InChI=1S/C38H32ClN3O4S/c1-26-15-18-31(23-34(26)39)40-36(43)25-47-33-14-8-13-30(22-33)41-38(45)35(42-37(44)29-11-6-3-7-12-29)21-27-16-19-32(20-17-27)46-24-28-9-4-2-5-10-28/h2-23H,24-25H2,1H3,(H,40,43)(H,41,45)(H,42,44)/b35-21+. The molecule has 0 saturated heterocycles. The molecule has 0 aliphatic heterocycles. The lowest BCUT2D eigenvalue weighted by Crippen LogP contribution is -2.30. The summed E-state index contributed by atoms with van der Waals surface area (Å²) in [6, 6.07) is 38.3. The van der Waals surface area contributed by atoms with Gasteiger partial charge in [-0.2, -0.15) is 0 Å². The molecule has 0 aliphatic carbocycles. The van der Waals surface area contributed by atoms with Crippen molar-refractivity contribution in [1.82, 2.24) is 5.32 Å². The first-order chi connectivity index (χ1) is 22.8. The molecule has 3 amide bonds. The van der Waals surface area contributed by atoms with E-state index in [0.717, 1.165) is 16.0 Å². The summed E-state index contributed by atoms with van der Waals surface area (Å²) in [5.41, 5.74) is 4.29. The van der Waals surface area contributed by atoms with Crippen LogP contribution in [0.3, 0.4) is 0 Å². The number of benzene rings is 5. The Bertz CT molecular complexity index is 1880. The molecule has 3 N–H and O–H groups in total. The van der Waals surface area contributed by atoms with E-state index in [1.54, 1.807) is 60.7 Å². The first-order valence-electron chi connectivity index (χ1n) is 14.8. The second kappa shape index (κ2) is 16.3. The Morgan fingerprint density at radius 3 is 2.19 bits per heavy atom. The molecule has 47 heavy (non-hydrogen) atoms. The third-order valence-corrected chi connectivity index (χ3v) is 8.29. The molecule has 0 saturated carbocycles. The Labute approximate surface area is 283 Å². The Morgan fingerprint density at radius 1 is 0.766 bits per heavy atom. The van der Waals surface area contributed by atoms with E-state index in [9.17, 15) is 14.4 Å². The van der Waals surface area contributed by atoms with Crippen LogP contribution in [0, 0.1) is 6.92 Å². The van der Waals surface area contributed by atoms with Crippen LogP contribution in [0.5, 0.6) is 5.75 Å². The number of ether oxygens (including phenoxy) is 1. The minimum Gasteiger partial charge on any atom is -0.489 e. The lowest BCUT2D eigenvalue weighted by atomic mass is 10.1. The Hall–Kier alpha value is -5.31. The second-order valence-electron chi connectivity index (χ2n) is 10.5. The van der Waals surface area contributed by atoms with E-state index >= 15 is 0 Å². The molecule has 0 heterocycles. The highest BCUT2D eigenvalue weighted by atomic mass is 35.5. The molecule has 5 rings (SSSR count). The predicted octanol–water partition coefficient (Wildman–Crippen LogP) is 8.37. The van der Waals surface area contributed by atoms with Crippen molar-refractivity contribution in [1.29, 1.82) is 0 Å². The molecule has 0 bridgehead atoms. The second-order valence-corrected chi connectivity index (χ2v) is 12.0. The Kier molecular flexibility index (Phi) is 11.5. The normalized spacial score (nSPS) is 11.0. The molecule has 0 aromatic heterocycles. The van der Waals surface area contributed by atoms with E-state index in [4.69, 9.17) is 16.3 Å². The molecule has 5 aromatic carbocycles. The van der Waals surface area contributed by atoms with Crippen LogP contribution in [-0.4, -0.2) is 23.5 Å². The molecule has 236 valence electrons. The molecule has 0 unspecified atom stereocenters. The first kappa shape index (κ1) is 33.1. The molecule has 0 spiro atoms. The van der Waals surface area contributed by atoms with Crippen molar-refractivity contribution in [2.75, 3.05) is 16.4 Å². The smallest absolute Gasteiger partial charge is 0.272 e. The van der Waals surface area contributed by atoms with Gasteiger partial charge in [0, 0.05) is 26.9 Å². The summed E-state index contributed by atoms with van der Waals surface area (Å²) in [5.74, 6) is -0.271. The summed E-state index contributed by atoms with van der Waals surface area (Å²) in [7, 11) is 0. The lowest BCUT2D eigenvalue weighted by molar-refractivity contribution is -0.114. The molecule has 7 nitrogen and oxygen atoms in total. The highest BCUT2D eigenvalue weighted by Gasteiger charge is 2.16. The zero-order valence-electron chi connectivity index (χ0n) is 25.5. The predicted molar refractivity (Wildman–Crippen MR) is 190 cm³/mol. The number of nitrogens with one attached hydrogen (secondary N) is 3. The van der Waals surface area contributed by atoms with Crippen LogP contribution in [0.25, 0.3) is 6.08 Å². The fourth-order valence-electron chi connectivity index (χ4n) is 4.39. The van der Waals surface area contributed by atoms with E-state index in [1.807, 2.05) is 79.7 Å². The molecule has 0 fully saturated rings. The summed E-state index contributed by atoms with van der Waals surface area (Å²) >= 11 is 7.50. The van der Waals surface area contributed by atoms with E-state index in [2.05, 4.69) is 16.0 Å². The minimum atomic E-state index is -0.505. The van der Waals surface area contributed by atoms with Crippen LogP contribution in [-0.2, 0) is 16.2 Å². The topological polar surface area (TPSA) is 96.5 Å². The number of hydrogen-bond acceptors (Lipinski definition) is 5. The van der Waals surface area contributed by atoms with Gasteiger partial charge >= 0.3 is 0 Å². The van der Waals surface area contributed by atoms with Gasteiger partial charge in [-0.15, -0.1) is 11.8 Å². The average molecular weight is 662 g/mol. The van der Waals surface area contributed by atoms with Crippen molar-refractivity contribution < 1.29 is 19.1 Å². The highest BCUT2D eigenvalue weighted by molar-refractivity contribution is 8.00. The number of halogens is 1. The average Bonchev–Trinajstić information content (AvgIpc) is 3.09. The number of aryl methyl sites for hydroxylation is 1. The number of thioether (sulfide) groups is 1. The highest BCUT2D eigenvalue weighted by Crippen LogP contribution is 2.24. The molecule has 0 aliphatic rings. The van der Waals surface area contributed by atoms with Crippen molar-refractivity contribution in [2.45, 2.75) is 18.4 Å². The van der Waals surface area contributed by atoms with Crippen molar-refractivity contribution in [2.24, 2.45) is 0 Å². The van der Waals surface area contributed by atoms with E-state index in [1.165, 1.54) is 11.8 Å². The zero-order chi connectivity index (χ0) is 33.0. The number of carbonyl (C=O) groups excluding carboxylic acids is 3. The van der Waals surface area contributed by atoms with Crippen LogP contribution < -0.4 is 20.7 Å². The number of carbonyl (C=O) groups is 3. The maximum absolute atomic E-state index is 13.5. The third kappa shape index (κ3) is 10.1. The summed E-state index contributed by atoms with van der Waals surface area (Å²) < 4.78 is 5.88. The van der Waals surface area contributed by atoms with Crippen molar-refractivity contribution >= 4 is 58.5 Å². The summed E-state index contributed by atoms with van der Waals surface area (Å²) in [5, 5.41) is 9.06. The monoisotopic (exact) mass is 661 g/mol.